The molecule has 3 aromatic carbocycles. The fourth-order valence-corrected chi connectivity index (χ4v) is 3.70. The Labute approximate surface area is 169 Å². The molecule has 3 aromatic rings. The summed E-state index contributed by atoms with van der Waals surface area (Å²) >= 11 is 0. The number of Topliss-reactive ketones (excluding diaryl/α,β-unsaturated/α-hetero) is 1. The number of rotatable bonds is 6. The summed E-state index contributed by atoms with van der Waals surface area (Å²) in [5, 5.41) is 2.72. The molecule has 0 saturated carbocycles. The lowest BCUT2D eigenvalue weighted by Gasteiger charge is -2.10. The van der Waals surface area contributed by atoms with E-state index in [4.69, 9.17) is 0 Å². The van der Waals surface area contributed by atoms with Crippen LogP contribution >= 0.6 is 0 Å². The third kappa shape index (κ3) is 5.08. The first-order chi connectivity index (χ1) is 13.7. The van der Waals surface area contributed by atoms with Crippen molar-refractivity contribution in [1.29, 1.82) is 0 Å². The van der Waals surface area contributed by atoms with Crippen molar-refractivity contribution in [2.75, 3.05) is 10.0 Å². The van der Waals surface area contributed by atoms with E-state index >= 15 is 0 Å². The summed E-state index contributed by atoms with van der Waals surface area (Å²) in [6.45, 7) is 3.34. The molecule has 0 aliphatic carbocycles. The molecule has 0 aliphatic rings. The summed E-state index contributed by atoms with van der Waals surface area (Å²) in [5.74, 6) is -0.451. The predicted molar refractivity (Wildman–Crippen MR) is 113 cm³/mol. The Morgan fingerprint density at radius 2 is 1.45 bits per heavy atom. The molecule has 0 aromatic heterocycles. The summed E-state index contributed by atoms with van der Waals surface area (Å²) in [5.41, 5.74) is 2.62. The average Bonchev–Trinajstić information content (AvgIpc) is 2.68. The molecule has 7 heteroatoms. The van der Waals surface area contributed by atoms with Gasteiger partial charge >= 0.3 is 0 Å². The van der Waals surface area contributed by atoms with E-state index in [-0.39, 0.29) is 16.4 Å². The van der Waals surface area contributed by atoms with Gasteiger partial charge in [0.25, 0.3) is 15.9 Å². The summed E-state index contributed by atoms with van der Waals surface area (Å²) in [7, 11) is -3.76. The largest absolute Gasteiger partial charge is 0.322 e. The normalized spacial score (nSPS) is 11.0. The Hall–Kier alpha value is -3.45. The van der Waals surface area contributed by atoms with Crippen LogP contribution in [0, 0.1) is 6.92 Å². The monoisotopic (exact) mass is 408 g/mol. The number of hydrogen-bond acceptors (Lipinski definition) is 4. The number of anilines is 2. The van der Waals surface area contributed by atoms with Crippen LogP contribution in [0.1, 0.15) is 33.2 Å². The van der Waals surface area contributed by atoms with E-state index in [1.54, 1.807) is 54.6 Å². The molecule has 0 fully saturated rings. The standard InChI is InChI=1S/C22H20N2O4S/c1-15-6-12-21(13-7-15)29(27,28)24-20-5-3-4-18(14-20)22(26)23-19-10-8-17(9-11-19)16(2)25/h3-14,24H,1-2H3,(H,23,26). The second-order valence-corrected chi connectivity index (χ2v) is 8.27. The van der Waals surface area contributed by atoms with Crippen LogP contribution in [0.5, 0.6) is 0 Å². The van der Waals surface area contributed by atoms with Gasteiger partial charge in [-0.15, -0.1) is 0 Å². The quantitative estimate of drug-likeness (QED) is 0.597. The minimum Gasteiger partial charge on any atom is -0.322 e. The Morgan fingerprint density at radius 3 is 2.07 bits per heavy atom. The highest BCUT2D eigenvalue weighted by molar-refractivity contribution is 7.92. The van der Waals surface area contributed by atoms with Crippen LogP contribution in [0.3, 0.4) is 0 Å². The minimum atomic E-state index is -3.76. The van der Waals surface area contributed by atoms with E-state index < -0.39 is 15.9 Å². The second kappa shape index (κ2) is 8.28. The highest BCUT2D eigenvalue weighted by Gasteiger charge is 2.15. The van der Waals surface area contributed by atoms with Crippen molar-refractivity contribution in [3.8, 4) is 0 Å². The zero-order valence-electron chi connectivity index (χ0n) is 16.0. The number of carbonyl (C=O) groups is 2. The Bertz CT molecular complexity index is 1150. The molecule has 0 radical (unpaired) electrons. The van der Waals surface area contributed by atoms with Crippen molar-refractivity contribution < 1.29 is 18.0 Å². The van der Waals surface area contributed by atoms with Crippen LogP contribution in [0.15, 0.2) is 77.7 Å². The molecule has 0 saturated heterocycles. The van der Waals surface area contributed by atoms with Gasteiger partial charge in [-0.05, 0) is 68.4 Å². The Morgan fingerprint density at radius 1 is 0.793 bits per heavy atom. The van der Waals surface area contributed by atoms with Gasteiger partial charge in [-0.3, -0.25) is 14.3 Å². The molecule has 0 atom stereocenters. The van der Waals surface area contributed by atoms with Gasteiger partial charge in [0, 0.05) is 22.5 Å². The van der Waals surface area contributed by atoms with Crippen LogP contribution in [0.25, 0.3) is 0 Å². The number of carbonyl (C=O) groups excluding carboxylic acids is 2. The molecule has 0 spiro atoms. The lowest BCUT2D eigenvalue weighted by Crippen LogP contribution is -2.15. The fraction of sp³-hybridized carbons (Fsp3) is 0.0909. The minimum absolute atomic E-state index is 0.0589. The van der Waals surface area contributed by atoms with Crippen molar-refractivity contribution in [1.82, 2.24) is 0 Å². The van der Waals surface area contributed by atoms with Gasteiger partial charge in [-0.1, -0.05) is 23.8 Å². The van der Waals surface area contributed by atoms with Crippen molar-refractivity contribution in [3.63, 3.8) is 0 Å². The lowest BCUT2D eigenvalue weighted by atomic mass is 10.1. The summed E-state index contributed by atoms with van der Waals surface area (Å²) in [6.07, 6.45) is 0. The molecule has 1 amide bonds. The predicted octanol–water partition coefficient (Wildman–Crippen LogP) is 4.25. The van der Waals surface area contributed by atoms with Gasteiger partial charge in [0.15, 0.2) is 5.78 Å². The number of aryl methyl sites for hydroxylation is 1. The molecule has 0 aliphatic heterocycles. The maximum Gasteiger partial charge on any atom is 0.261 e. The first-order valence-corrected chi connectivity index (χ1v) is 10.3. The van der Waals surface area contributed by atoms with Crippen molar-refractivity contribution in [2.24, 2.45) is 0 Å². The van der Waals surface area contributed by atoms with Gasteiger partial charge in [0.05, 0.1) is 4.90 Å². The zero-order chi connectivity index (χ0) is 21.0. The highest BCUT2D eigenvalue weighted by atomic mass is 32.2. The van der Waals surface area contributed by atoms with Gasteiger partial charge in [0.1, 0.15) is 0 Å². The van der Waals surface area contributed by atoms with E-state index in [2.05, 4.69) is 10.0 Å². The molecule has 6 nitrogen and oxygen atoms in total. The van der Waals surface area contributed by atoms with Gasteiger partial charge in [-0.25, -0.2) is 8.42 Å². The smallest absolute Gasteiger partial charge is 0.261 e. The fourth-order valence-electron chi connectivity index (χ4n) is 2.65. The van der Waals surface area contributed by atoms with E-state index in [9.17, 15) is 18.0 Å². The average molecular weight is 408 g/mol. The molecule has 29 heavy (non-hydrogen) atoms. The number of amides is 1. The molecule has 0 bridgehead atoms. The maximum atomic E-state index is 12.5. The number of nitrogens with one attached hydrogen (secondary N) is 2. The van der Waals surface area contributed by atoms with Crippen LogP contribution in [0.4, 0.5) is 11.4 Å². The highest BCUT2D eigenvalue weighted by Crippen LogP contribution is 2.19. The van der Waals surface area contributed by atoms with E-state index in [1.807, 2.05) is 6.92 Å². The third-order valence-electron chi connectivity index (χ3n) is 4.26. The van der Waals surface area contributed by atoms with Crippen molar-refractivity contribution in [3.05, 3.63) is 89.5 Å². The van der Waals surface area contributed by atoms with Crippen LogP contribution in [-0.2, 0) is 10.0 Å². The number of benzene rings is 3. The van der Waals surface area contributed by atoms with Gasteiger partial charge in [-0.2, -0.15) is 0 Å². The Kier molecular flexibility index (Phi) is 5.79. The third-order valence-corrected chi connectivity index (χ3v) is 5.65. The number of hydrogen-bond donors (Lipinski definition) is 2. The molecular weight excluding hydrogens is 388 g/mol. The molecular formula is C22H20N2O4S. The second-order valence-electron chi connectivity index (χ2n) is 6.59. The Balaban J connectivity index is 1.75. The maximum absolute atomic E-state index is 12.5. The van der Waals surface area contributed by atoms with Crippen LogP contribution in [-0.4, -0.2) is 20.1 Å². The number of sulfonamides is 1. The molecule has 148 valence electrons. The molecule has 0 heterocycles. The number of ketones is 1. The first-order valence-electron chi connectivity index (χ1n) is 8.86. The summed E-state index contributed by atoms with van der Waals surface area (Å²) in [4.78, 5) is 24.0. The topological polar surface area (TPSA) is 92.3 Å². The summed E-state index contributed by atoms with van der Waals surface area (Å²) in [6, 6.07) is 19.2. The molecule has 3 rings (SSSR count). The SMILES string of the molecule is CC(=O)c1ccc(NC(=O)c2cccc(NS(=O)(=O)c3ccc(C)cc3)c2)cc1. The van der Waals surface area contributed by atoms with Crippen LogP contribution in [0.2, 0.25) is 0 Å². The van der Waals surface area contributed by atoms with E-state index in [1.165, 1.54) is 25.1 Å². The van der Waals surface area contributed by atoms with Crippen LogP contribution < -0.4 is 10.0 Å². The van der Waals surface area contributed by atoms with Crippen molar-refractivity contribution in [2.45, 2.75) is 18.7 Å². The zero-order valence-corrected chi connectivity index (χ0v) is 16.8. The van der Waals surface area contributed by atoms with Gasteiger partial charge < -0.3 is 5.32 Å². The molecule has 0 unspecified atom stereocenters. The molecule has 2 N–H and O–H groups in total. The van der Waals surface area contributed by atoms with E-state index in [0.29, 0.717) is 16.8 Å². The lowest BCUT2D eigenvalue weighted by molar-refractivity contribution is 0.101. The summed E-state index contributed by atoms with van der Waals surface area (Å²) < 4.78 is 27.6. The van der Waals surface area contributed by atoms with Gasteiger partial charge in [0.2, 0.25) is 0 Å². The van der Waals surface area contributed by atoms with Crippen molar-refractivity contribution >= 4 is 33.1 Å². The van der Waals surface area contributed by atoms with E-state index in [0.717, 1.165) is 5.56 Å². The first kappa shape index (κ1) is 20.3.